The van der Waals surface area contributed by atoms with Crippen molar-refractivity contribution in [2.24, 2.45) is 11.1 Å². The number of sulfone groups is 1. The number of hydrogen-bond acceptors (Lipinski definition) is 4. The molecule has 2 rings (SSSR count). The molecule has 0 saturated carbocycles. The molecule has 0 amide bonds. The van der Waals surface area contributed by atoms with Crippen molar-refractivity contribution in [2.45, 2.75) is 24.2 Å². The second kappa shape index (κ2) is 5.22. The molecule has 1 aliphatic rings. The average molecular weight is 303 g/mol. The summed E-state index contributed by atoms with van der Waals surface area (Å²) < 4.78 is 46.1. The Hall–Kier alpha value is -0.920. The van der Waals surface area contributed by atoms with Gasteiger partial charge in [-0.25, -0.2) is 22.0 Å². The maximum atomic E-state index is 11.6. The van der Waals surface area contributed by atoms with Crippen molar-refractivity contribution in [1.29, 1.82) is 0 Å². The predicted molar refractivity (Wildman–Crippen MR) is 72.9 cm³/mol. The van der Waals surface area contributed by atoms with Crippen LogP contribution < -0.4 is 5.14 Å². The summed E-state index contributed by atoms with van der Waals surface area (Å²) in [4.78, 5) is 0.0953. The molecular weight excluding hydrogens is 286 g/mol. The summed E-state index contributed by atoms with van der Waals surface area (Å²) in [6, 6.07) is 6.51. The maximum Gasteiger partial charge on any atom is 0.238 e. The van der Waals surface area contributed by atoms with Gasteiger partial charge in [0.25, 0.3) is 0 Å². The van der Waals surface area contributed by atoms with Crippen LogP contribution in [0.15, 0.2) is 29.2 Å². The van der Waals surface area contributed by atoms with Gasteiger partial charge in [-0.15, -0.1) is 0 Å². The minimum atomic E-state index is -3.76. The Balaban J connectivity index is 2.25. The summed E-state index contributed by atoms with van der Waals surface area (Å²) >= 11 is 0. The van der Waals surface area contributed by atoms with E-state index in [0.717, 1.165) is 6.42 Å². The normalized spacial score (nSPS) is 23.1. The smallest absolute Gasteiger partial charge is 0.229 e. The monoisotopic (exact) mass is 303 g/mol. The molecule has 0 aromatic heterocycles. The fraction of sp³-hybridized carbons (Fsp3) is 0.500. The zero-order valence-electron chi connectivity index (χ0n) is 10.4. The molecule has 7 heteroatoms. The highest BCUT2D eigenvalue weighted by molar-refractivity contribution is 7.91. The van der Waals surface area contributed by atoms with Crippen LogP contribution in [0.5, 0.6) is 0 Å². The summed E-state index contributed by atoms with van der Waals surface area (Å²) in [6.45, 7) is 0. The lowest BCUT2D eigenvalue weighted by Gasteiger charge is -2.22. The van der Waals surface area contributed by atoms with Crippen LogP contribution in [-0.2, 0) is 26.3 Å². The SMILES string of the molecule is NS(=O)(=O)c1ccccc1C[C@H]1CCCS(=O)(=O)C1. The fourth-order valence-corrected chi connectivity index (χ4v) is 5.10. The van der Waals surface area contributed by atoms with Gasteiger partial charge in [-0.3, -0.25) is 0 Å². The summed E-state index contributed by atoms with van der Waals surface area (Å²) in [5.74, 6) is 0.341. The largest absolute Gasteiger partial charge is 0.238 e. The molecule has 1 aromatic rings. The van der Waals surface area contributed by atoms with E-state index >= 15 is 0 Å². The Labute approximate surface area is 113 Å². The number of primary sulfonamides is 1. The molecule has 1 saturated heterocycles. The summed E-state index contributed by atoms with van der Waals surface area (Å²) in [7, 11) is -6.74. The molecule has 0 bridgehead atoms. The molecule has 5 nitrogen and oxygen atoms in total. The predicted octanol–water partition coefficient (Wildman–Crippen LogP) is 0.701. The van der Waals surface area contributed by atoms with Gasteiger partial charge in [0.1, 0.15) is 0 Å². The van der Waals surface area contributed by atoms with Gasteiger partial charge in [0.2, 0.25) is 10.0 Å². The second-order valence-corrected chi connectivity index (χ2v) is 8.74. The van der Waals surface area contributed by atoms with E-state index in [1.807, 2.05) is 0 Å². The molecule has 0 aliphatic carbocycles. The van der Waals surface area contributed by atoms with Gasteiger partial charge >= 0.3 is 0 Å². The molecule has 2 N–H and O–H groups in total. The molecule has 0 radical (unpaired) electrons. The molecule has 0 spiro atoms. The second-order valence-electron chi connectivity index (χ2n) is 4.98. The molecule has 19 heavy (non-hydrogen) atoms. The molecule has 106 valence electrons. The molecule has 1 atom stereocenters. The van der Waals surface area contributed by atoms with E-state index in [1.165, 1.54) is 6.07 Å². The Kier molecular flexibility index (Phi) is 3.98. The highest BCUT2D eigenvalue weighted by atomic mass is 32.2. The van der Waals surface area contributed by atoms with Crippen molar-refractivity contribution in [3.05, 3.63) is 29.8 Å². The molecule has 1 aromatic carbocycles. The van der Waals surface area contributed by atoms with Gasteiger partial charge < -0.3 is 0 Å². The Morgan fingerprint density at radius 1 is 1.26 bits per heavy atom. The summed E-state index contributed by atoms with van der Waals surface area (Å²) in [5.41, 5.74) is 0.604. The highest BCUT2D eigenvalue weighted by Gasteiger charge is 2.26. The van der Waals surface area contributed by atoms with E-state index in [0.29, 0.717) is 18.4 Å². The van der Waals surface area contributed by atoms with Crippen molar-refractivity contribution in [2.75, 3.05) is 11.5 Å². The van der Waals surface area contributed by atoms with Crippen molar-refractivity contribution in [1.82, 2.24) is 0 Å². The summed E-state index contributed by atoms with van der Waals surface area (Å²) in [6.07, 6.45) is 1.88. The van der Waals surface area contributed by atoms with Crippen LogP contribution in [-0.4, -0.2) is 28.3 Å². The van der Waals surface area contributed by atoms with E-state index in [4.69, 9.17) is 5.14 Å². The van der Waals surface area contributed by atoms with E-state index in [9.17, 15) is 16.8 Å². The first-order valence-electron chi connectivity index (χ1n) is 6.09. The lowest BCUT2D eigenvalue weighted by Crippen LogP contribution is -2.27. The lowest BCUT2D eigenvalue weighted by molar-refractivity contribution is 0.481. The molecule has 1 heterocycles. The minimum absolute atomic E-state index is 0.0263. The van der Waals surface area contributed by atoms with Crippen LogP contribution in [0.1, 0.15) is 18.4 Å². The first kappa shape index (κ1) is 14.5. The van der Waals surface area contributed by atoms with Crippen LogP contribution in [0.2, 0.25) is 0 Å². The van der Waals surface area contributed by atoms with Crippen molar-refractivity contribution < 1.29 is 16.8 Å². The average Bonchev–Trinajstić information content (AvgIpc) is 2.26. The van der Waals surface area contributed by atoms with Crippen molar-refractivity contribution >= 4 is 19.9 Å². The van der Waals surface area contributed by atoms with E-state index < -0.39 is 19.9 Å². The third kappa shape index (κ3) is 3.77. The topological polar surface area (TPSA) is 94.3 Å². The first-order valence-corrected chi connectivity index (χ1v) is 9.46. The van der Waals surface area contributed by atoms with Gasteiger partial charge in [0.05, 0.1) is 16.4 Å². The molecule has 0 unspecified atom stereocenters. The van der Waals surface area contributed by atoms with Crippen LogP contribution in [0, 0.1) is 5.92 Å². The Bertz CT molecular complexity index is 665. The third-order valence-corrected chi connectivity index (χ3v) is 6.25. The highest BCUT2D eigenvalue weighted by Crippen LogP contribution is 2.25. The number of hydrogen-bond donors (Lipinski definition) is 1. The van der Waals surface area contributed by atoms with E-state index in [1.54, 1.807) is 18.2 Å². The minimum Gasteiger partial charge on any atom is -0.229 e. The van der Waals surface area contributed by atoms with Crippen LogP contribution in [0.25, 0.3) is 0 Å². The molecule has 1 aliphatic heterocycles. The van der Waals surface area contributed by atoms with Gasteiger partial charge in [-0.05, 0) is 36.8 Å². The van der Waals surface area contributed by atoms with Gasteiger partial charge in [-0.1, -0.05) is 18.2 Å². The van der Waals surface area contributed by atoms with E-state index in [2.05, 4.69) is 0 Å². The zero-order valence-corrected chi connectivity index (χ0v) is 12.1. The summed E-state index contributed by atoms with van der Waals surface area (Å²) in [5, 5.41) is 5.17. The van der Waals surface area contributed by atoms with Crippen molar-refractivity contribution in [3.8, 4) is 0 Å². The molecule has 1 fully saturated rings. The number of rotatable bonds is 3. The van der Waals surface area contributed by atoms with Gasteiger partial charge in [0, 0.05) is 0 Å². The number of benzene rings is 1. The number of nitrogens with two attached hydrogens (primary N) is 1. The van der Waals surface area contributed by atoms with Crippen molar-refractivity contribution in [3.63, 3.8) is 0 Å². The quantitative estimate of drug-likeness (QED) is 0.889. The van der Waals surface area contributed by atoms with Crippen LogP contribution in [0.3, 0.4) is 0 Å². The zero-order chi connectivity index (χ0) is 14.1. The fourth-order valence-electron chi connectivity index (χ4n) is 2.54. The lowest BCUT2D eigenvalue weighted by atomic mass is 9.96. The van der Waals surface area contributed by atoms with E-state index in [-0.39, 0.29) is 22.3 Å². The van der Waals surface area contributed by atoms with Gasteiger partial charge in [0.15, 0.2) is 9.84 Å². The maximum absolute atomic E-state index is 11.6. The number of sulfonamides is 1. The van der Waals surface area contributed by atoms with Gasteiger partial charge in [-0.2, -0.15) is 0 Å². The van der Waals surface area contributed by atoms with Crippen LogP contribution >= 0.6 is 0 Å². The third-order valence-electron chi connectivity index (χ3n) is 3.35. The first-order chi connectivity index (χ1) is 8.78. The standard InChI is InChI=1S/C12H17NO4S2/c13-19(16,17)12-6-2-1-5-11(12)8-10-4-3-7-18(14,15)9-10/h1-2,5-6,10H,3-4,7-9H2,(H2,13,16,17)/t10-/m1/s1. The molecular formula is C12H17NO4S2. The van der Waals surface area contributed by atoms with Crippen LogP contribution in [0.4, 0.5) is 0 Å². The Morgan fingerprint density at radius 2 is 1.95 bits per heavy atom. The Morgan fingerprint density at radius 3 is 2.58 bits per heavy atom.